The molecule has 0 spiro atoms. The van der Waals surface area contributed by atoms with Gasteiger partial charge in [-0.3, -0.25) is 0 Å². The molecule has 2 N–H and O–H groups in total. The summed E-state index contributed by atoms with van der Waals surface area (Å²) in [6.45, 7) is 0. The van der Waals surface area contributed by atoms with Gasteiger partial charge < -0.3 is 10.3 Å². The first-order valence-electron chi connectivity index (χ1n) is 6.06. The van der Waals surface area contributed by atoms with E-state index in [-0.39, 0.29) is 0 Å². The molecule has 1 aromatic heterocycles. The van der Waals surface area contributed by atoms with Crippen molar-refractivity contribution in [1.29, 1.82) is 0 Å². The van der Waals surface area contributed by atoms with Crippen LogP contribution in [0.15, 0.2) is 33.3 Å². The molecule has 0 bridgehead atoms. The van der Waals surface area contributed by atoms with Crippen molar-refractivity contribution in [3.63, 3.8) is 0 Å². The molecule has 1 saturated carbocycles. The fourth-order valence-corrected chi connectivity index (χ4v) is 2.79. The molecule has 94 valence electrons. The number of hydrogen-bond donors (Lipinski definition) is 1. The number of nitrogens with two attached hydrogens (primary N) is 1. The summed E-state index contributed by atoms with van der Waals surface area (Å²) in [5, 5.41) is 4.05. The zero-order valence-electron chi connectivity index (χ0n) is 9.90. The van der Waals surface area contributed by atoms with Crippen LogP contribution in [0.5, 0.6) is 0 Å². The lowest BCUT2D eigenvalue weighted by molar-refractivity contribution is 0.372. The molecule has 5 heteroatoms. The van der Waals surface area contributed by atoms with Gasteiger partial charge in [0.25, 0.3) is 5.89 Å². The number of benzene rings is 1. The Kier molecular flexibility index (Phi) is 2.95. The molecule has 0 radical (unpaired) electrons. The lowest BCUT2D eigenvalue weighted by atomic mass is 9.99. The second kappa shape index (κ2) is 4.48. The third-order valence-corrected chi connectivity index (χ3v) is 3.93. The van der Waals surface area contributed by atoms with Gasteiger partial charge >= 0.3 is 0 Å². The Labute approximate surface area is 114 Å². The quantitative estimate of drug-likeness (QED) is 0.925. The number of hydrogen-bond acceptors (Lipinski definition) is 4. The molecule has 1 fully saturated rings. The Balaban J connectivity index is 1.94. The zero-order chi connectivity index (χ0) is 12.6. The van der Waals surface area contributed by atoms with Gasteiger partial charge in [0.05, 0.1) is 5.54 Å². The molecule has 1 aliphatic carbocycles. The van der Waals surface area contributed by atoms with E-state index in [1.807, 2.05) is 24.3 Å². The molecule has 0 atom stereocenters. The normalized spacial score (nSPS) is 18.1. The minimum atomic E-state index is -0.395. The van der Waals surface area contributed by atoms with E-state index in [9.17, 15) is 0 Å². The van der Waals surface area contributed by atoms with Crippen LogP contribution in [-0.4, -0.2) is 10.1 Å². The van der Waals surface area contributed by atoms with Gasteiger partial charge in [0.2, 0.25) is 0 Å². The fraction of sp³-hybridized carbons (Fsp3) is 0.385. The van der Waals surface area contributed by atoms with E-state index in [1.54, 1.807) is 0 Å². The highest BCUT2D eigenvalue weighted by atomic mass is 79.9. The van der Waals surface area contributed by atoms with Crippen LogP contribution < -0.4 is 5.73 Å². The van der Waals surface area contributed by atoms with Gasteiger partial charge in [-0.25, -0.2) is 0 Å². The average molecular weight is 308 g/mol. The molecule has 3 rings (SSSR count). The summed E-state index contributed by atoms with van der Waals surface area (Å²) >= 11 is 3.43. The number of rotatable bonds is 2. The average Bonchev–Trinajstić information content (AvgIpc) is 2.98. The van der Waals surface area contributed by atoms with Crippen LogP contribution >= 0.6 is 15.9 Å². The van der Waals surface area contributed by atoms with Crippen LogP contribution in [0.3, 0.4) is 0 Å². The van der Waals surface area contributed by atoms with Crippen molar-refractivity contribution < 1.29 is 4.52 Å². The first kappa shape index (κ1) is 11.9. The molecular weight excluding hydrogens is 294 g/mol. The molecule has 1 aliphatic rings. The van der Waals surface area contributed by atoms with E-state index in [2.05, 4.69) is 26.1 Å². The van der Waals surface area contributed by atoms with Gasteiger partial charge in [0.15, 0.2) is 5.82 Å². The van der Waals surface area contributed by atoms with Crippen molar-refractivity contribution in [2.75, 3.05) is 0 Å². The highest BCUT2D eigenvalue weighted by Crippen LogP contribution is 2.35. The van der Waals surface area contributed by atoms with Crippen molar-refractivity contribution in [2.45, 2.75) is 31.2 Å². The Bertz CT molecular complexity index is 561. The second-order valence-electron chi connectivity index (χ2n) is 4.80. The summed E-state index contributed by atoms with van der Waals surface area (Å²) in [4.78, 5) is 4.45. The van der Waals surface area contributed by atoms with E-state index in [4.69, 9.17) is 10.3 Å². The van der Waals surface area contributed by atoms with Gasteiger partial charge in [0, 0.05) is 10.0 Å². The molecule has 1 heterocycles. The number of aromatic nitrogens is 2. The van der Waals surface area contributed by atoms with Gasteiger partial charge in [-0.15, -0.1) is 0 Å². The molecular formula is C13H14BrN3O. The van der Waals surface area contributed by atoms with Gasteiger partial charge in [-0.2, -0.15) is 4.98 Å². The Hall–Kier alpha value is -1.20. The lowest BCUT2D eigenvalue weighted by Crippen LogP contribution is -2.34. The second-order valence-corrected chi connectivity index (χ2v) is 5.71. The lowest BCUT2D eigenvalue weighted by Gasteiger charge is -2.17. The minimum absolute atomic E-state index is 0.395. The summed E-state index contributed by atoms with van der Waals surface area (Å²) in [5.74, 6) is 1.16. The maximum atomic E-state index is 6.31. The summed E-state index contributed by atoms with van der Waals surface area (Å²) in [7, 11) is 0. The first-order chi connectivity index (χ1) is 8.67. The standard InChI is InChI=1S/C13H14BrN3O/c14-10-5-3-4-9(8-10)11-16-12(17-18-11)13(15)6-1-2-7-13/h3-5,8H,1-2,6-7,15H2. The van der Waals surface area contributed by atoms with E-state index in [1.165, 1.54) is 0 Å². The zero-order valence-corrected chi connectivity index (χ0v) is 11.5. The Morgan fingerprint density at radius 1 is 1.28 bits per heavy atom. The van der Waals surface area contributed by atoms with Crippen molar-refractivity contribution in [3.8, 4) is 11.5 Å². The van der Waals surface area contributed by atoms with Crippen LogP contribution in [0.1, 0.15) is 31.5 Å². The van der Waals surface area contributed by atoms with Crippen molar-refractivity contribution >= 4 is 15.9 Å². The summed E-state index contributed by atoms with van der Waals surface area (Å²) in [5.41, 5.74) is 6.82. The molecule has 2 aromatic rings. The fourth-order valence-electron chi connectivity index (χ4n) is 2.39. The summed E-state index contributed by atoms with van der Waals surface area (Å²) in [6, 6.07) is 7.80. The summed E-state index contributed by atoms with van der Waals surface area (Å²) < 4.78 is 6.31. The van der Waals surface area contributed by atoms with Crippen LogP contribution in [0.4, 0.5) is 0 Å². The molecule has 4 nitrogen and oxygen atoms in total. The molecule has 0 aliphatic heterocycles. The smallest absolute Gasteiger partial charge is 0.258 e. The van der Waals surface area contributed by atoms with Crippen molar-refractivity contribution in [2.24, 2.45) is 5.73 Å². The summed E-state index contributed by atoms with van der Waals surface area (Å²) in [6.07, 6.45) is 4.14. The molecule has 1 aromatic carbocycles. The Morgan fingerprint density at radius 3 is 2.78 bits per heavy atom. The first-order valence-corrected chi connectivity index (χ1v) is 6.86. The van der Waals surface area contributed by atoms with Crippen LogP contribution in [0.2, 0.25) is 0 Å². The van der Waals surface area contributed by atoms with Crippen molar-refractivity contribution in [1.82, 2.24) is 10.1 Å². The largest absolute Gasteiger partial charge is 0.334 e. The maximum Gasteiger partial charge on any atom is 0.258 e. The molecule has 0 unspecified atom stereocenters. The highest BCUT2D eigenvalue weighted by Gasteiger charge is 2.36. The van der Waals surface area contributed by atoms with Crippen LogP contribution in [0, 0.1) is 0 Å². The Morgan fingerprint density at radius 2 is 2.06 bits per heavy atom. The van der Waals surface area contributed by atoms with E-state index >= 15 is 0 Å². The monoisotopic (exact) mass is 307 g/mol. The van der Waals surface area contributed by atoms with Gasteiger partial charge in [-0.05, 0) is 31.0 Å². The highest BCUT2D eigenvalue weighted by molar-refractivity contribution is 9.10. The van der Waals surface area contributed by atoms with Crippen molar-refractivity contribution in [3.05, 3.63) is 34.6 Å². The third kappa shape index (κ3) is 2.08. The van der Waals surface area contributed by atoms with E-state index in [0.717, 1.165) is 35.7 Å². The van der Waals surface area contributed by atoms with Crippen LogP contribution in [-0.2, 0) is 5.54 Å². The van der Waals surface area contributed by atoms with Gasteiger partial charge in [0.1, 0.15) is 0 Å². The predicted octanol–water partition coefficient (Wildman–Crippen LogP) is 3.23. The number of nitrogens with zero attached hydrogens (tertiary/aromatic N) is 2. The predicted molar refractivity (Wildman–Crippen MR) is 71.8 cm³/mol. The molecule has 18 heavy (non-hydrogen) atoms. The molecule has 0 saturated heterocycles. The van der Waals surface area contributed by atoms with E-state index in [0.29, 0.717) is 11.7 Å². The SMILES string of the molecule is NC1(c2noc(-c3cccc(Br)c3)n2)CCCC1. The third-order valence-electron chi connectivity index (χ3n) is 3.44. The minimum Gasteiger partial charge on any atom is -0.334 e. The van der Waals surface area contributed by atoms with E-state index < -0.39 is 5.54 Å². The maximum absolute atomic E-state index is 6.31. The van der Waals surface area contributed by atoms with Gasteiger partial charge in [-0.1, -0.05) is 40.0 Å². The van der Waals surface area contributed by atoms with Crippen LogP contribution in [0.25, 0.3) is 11.5 Å². The molecule has 0 amide bonds. The topological polar surface area (TPSA) is 64.9 Å². The number of halogens is 1.